The molecular weight excluding hydrogens is 407 g/mol. The summed E-state index contributed by atoms with van der Waals surface area (Å²) in [6.07, 6.45) is 1.72. The first kappa shape index (κ1) is 21.9. The van der Waals surface area contributed by atoms with Crippen molar-refractivity contribution in [1.82, 2.24) is 15.6 Å². The largest absolute Gasteiger partial charge is 0.475 e. The standard InChI is InChI=1S/C16H28N4O2.HI/c1-6-17-15(20-16(2,3)4)19-12-13-8-7-9-18-14(13)22-11-10-21-5;/h7-9H,6,10-12H2,1-5H3,(H2,17,19,20);1H. The van der Waals surface area contributed by atoms with E-state index in [1.807, 2.05) is 19.1 Å². The van der Waals surface area contributed by atoms with E-state index in [1.165, 1.54) is 0 Å². The van der Waals surface area contributed by atoms with Gasteiger partial charge in [-0.1, -0.05) is 6.07 Å². The predicted molar refractivity (Wildman–Crippen MR) is 105 cm³/mol. The molecule has 0 aliphatic rings. The lowest BCUT2D eigenvalue weighted by atomic mass is 10.1. The minimum Gasteiger partial charge on any atom is -0.475 e. The summed E-state index contributed by atoms with van der Waals surface area (Å²) in [5.41, 5.74) is 0.901. The maximum absolute atomic E-state index is 5.62. The zero-order valence-corrected chi connectivity index (χ0v) is 17.0. The third-order valence-electron chi connectivity index (χ3n) is 2.62. The molecule has 1 rings (SSSR count). The second-order valence-corrected chi connectivity index (χ2v) is 5.88. The van der Waals surface area contributed by atoms with Gasteiger partial charge in [0.15, 0.2) is 5.96 Å². The number of pyridine rings is 1. The minimum atomic E-state index is -0.0479. The van der Waals surface area contributed by atoms with Crippen LogP contribution in [0.5, 0.6) is 5.88 Å². The molecule has 0 aromatic carbocycles. The van der Waals surface area contributed by atoms with Crippen LogP contribution < -0.4 is 15.4 Å². The van der Waals surface area contributed by atoms with Crippen molar-refractivity contribution in [2.75, 3.05) is 26.9 Å². The van der Waals surface area contributed by atoms with Crippen LogP contribution in [0.4, 0.5) is 0 Å². The maximum atomic E-state index is 5.62. The lowest BCUT2D eigenvalue weighted by molar-refractivity contribution is 0.143. The Balaban J connectivity index is 0.00000484. The zero-order chi connectivity index (χ0) is 16.4. The van der Waals surface area contributed by atoms with Crippen molar-refractivity contribution in [2.45, 2.75) is 39.8 Å². The fourth-order valence-electron chi connectivity index (χ4n) is 1.72. The van der Waals surface area contributed by atoms with E-state index < -0.39 is 0 Å². The molecule has 132 valence electrons. The number of hydrogen-bond acceptors (Lipinski definition) is 4. The van der Waals surface area contributed by atoms with E-state index in [0.29, 0.717) is 25.6 Å². The predicted octanol–water partition coefficient (Wildman–Crippen LogP) is 2.58. The highest BCUT2D eigenvalue weighted by molar-refractivity contribution is 14.0. The molecule has 0 aliphatic carbocycles. The Kier molecular flexibility index (Phi) is 10.9. The third-order valence-corrected chi connectivity index (χ3v) is 2.62. The SMILES string of the molecule is CCNC(=NCc1cccnc1OCCOC)NC(C)(C)C.I. The van der Waals surface area contributed by atoms with Gasteiger partial charge in [0.25, 0.3) is 0 Å². The van der Waals surface area contributed by atoms with Crippen LogP contribution in [-0.2, 0) is 11.3 Å². The van der Waals surface area contributed by atoms with Crippen LogP contribution in [0, 0.1) is 0 Å². The van der Waals surface area contributed by atoms with E-state index in [4.69, 9.17) is 9.47 Å². The average molecular weight is 436 g/mol. The molecule has 1 heterocycles. The highest BCUT2D eigenvalue weighted by Gasteiger charge is 2.12. The second kappa shape index (κ2) is 11.4. The van der Waals surface area contributed by atoms with Gasteiger partial charge in [-0.2, -0.15) is 0 Å². The molecule has 0 unspecified atom stereocenters. The van der Waals surface area contributed by atoms with Crippen LogP contribution >= 0.6 is 24.0 Å². The summed E-state index contributed by atoms with van der Waals surface area (Å²) in [6.45, 7) is 10.7. The number of halogens is 1. The van der Waals surface area contributed by atoms with Gasteiger partial charge in [-0.25, -0.2) is 9.98 Å². The van der Waals surface area contributed by atoms with E-state index in [1.54, 1.807) is 13.3 Å². The summed E-state index contributed by atoms with van der Waals surface area (Å²) < 4.78 is 10.6. The first-order chi connectivity index (χ1) is 10.5. The molecule has 0 bridgehead atoms. The molecule has 0 radical (unpaired) electrons. The molecule has 0 saturated carbocycles. The van der Waals surface area contributed by atoms with Gasteiger partial charge in [0.05, 0.1) is 13.2 Å². The van der Waals surface area contributed by atoms with Gasteiger partial charge >= 0.3 is 0 Å². The molecule has 23 heavy (non-hydrogen) atoms. The number of methoxy groups -OCH3 is 1. The Hall–Kier alpha value is -1.09. The molecule has 0 aliphatic heterocycles. The van der Waals surface area contributed by atoms with Crippen molar-refractivity contribution in [2.24, 2.45) is 4.99 Å². The molecule has 2 N–H and O–H groups in total. The van der Waals surface area contributed by atoms with Gasteiger partial charge in [0.1, 0.15) is 6.61 Å². The molecule has 0 amide bonds. The van der Waals surface area contributed by atoms with Crippen LogP contribution in [0.2, 0.25) is 0 Å². The second-order valence-electron chi connectivity index (χ2n) is 5.88. The Morgan fingerprint density at radius 3 is 2.65 bits per heavy atom. The summed E-state index contributed by atoms with van der Waals surface area (Å²) >= 11 is 0. The van der Waals surface area contributed by atoms with E-state index in [0.717, 1.165) is 18.1 Å². The van der Waals surface area contributed by atoms with Crippen molar-refractivity contribution in [3.05, 3.63) is 23.9 Å². The molecule has 7 heteroatoms. The lowest BCUT2D eigenvalue weighted by Crippen LogP contribution is -2.47. The molecule has 0 spiro atoms. The van der Waals surface area contributed by atoms with E-state index in [-0.39, 0.29) is 29.5 Å². The number of nitrogens with one attached hydrogen (secondary N) is 2. The summed E-state index contributed by atoms with van der Waals surface area (Å²) in [5, 5.41) is 6.60. The third kappa shape index (κ3) is 9.60. The number of ether oxygens (including phenoxy) is 2. The molecule has 6 nitrogen and oxygen atoms in total. The van der Waals surface area contributed by atoms with Gasteiger partial charge in [-0.05, 0) is 33.8 Å². The van der Waals surface area contributed by atoms with Gasteiger partial charge in [-0.3, -0.25) is 0 Å². The molecule has 0 atom stereocenters. The fourth-order valence-corrected chi connectivity index (χ4v) is 1.72. The molecular formula is C16H29IN4O2. The monoisotopic (exact) mass is 436 g/mol. The summed E-state index contributed by atoms with van der Waals surface area (Å²) in [7, 11) is 1.65. The molecule has 0 saturated heterocycles. The van der Waals surface area contributed by atoms with Gasteiger partial charge in [0.2, 0.25) is 5.88 Å². The van der Waals surface area contributed by atoms with Crippen LogP contribution in [0.1, 0.15) is 33.3 Å². The number of guanidine groups is 1. The van der Waals surface area contributed by atoms with Gasteiger partial charge < -0.3 is 20.1 Å². The first-order valence-corrected chi connectivity index (χ1v) is 7.58. The van der Waals surface area contributed by atoms with Crippen LogP contribution in [-0.4, -0.2) is 43.4 Å². The van der Waals surface area contributed by atoms with Gasteiger partial charge in [0, 0.05) is 31.0 Å². The number of aromatic nitrogens is 1. The summed E-state index contributed by atoms with van der Waals surface area (Å²) in [5.74, 6) is 1.39. The molecule has 1 aromatic rings. The van der Waals surface area contributed by atoms with E-state index in [2.05, 4.69) is 41.4 Å². The number of aliphatic imine (C=N–C) groups is 1. The molecule has 1 aromatic heterocycles. The quantitative estimate of drug-likeness (QED) is 0.298. The van der Waals surface area contributed by atoms with Crippen molar-refractivity contribution in [1.29, 1.82) is 0 Å². The maximum Gasteiger partial charge on any atom is 0.218 e. The van der Waals surface area contributed by atoms with Crippen LogP contribution in [0.3, 0.4) is 0 Å². The zero-order valence-electron chi connectivity index (χ0n) is 14.7. The summed E-state index contributed by atoms with van der Waals surface area (Å²) in [4.78, 5) is 8.86. The van der Waals surface area contributed by atoms with Crippen molar-refractivity contribution in [3.8, 4) is 5.88 Å². The van der Waals surface area contributed by atoms with E-state index >= 15 is 0 Å². The normalized spacial score (nSPS) is 11.6. The van der Waals surface area contributed by atoms with E-state index in [9.17, 15) is 0 Å². The Labute approximate surface area is 156 Å². The van der Waals surface area contributed by atoms with Crippen LogP contribution in [0.25, 0.3) is 0 Å². The number of hydrogen-bond donors (Lipinski definition) is 2. The Morgan fingerprint density at radius 1 is 1.30 bits per heavy atom. The number of nitrogens with zero attached hydrogens (tertiary/aromatic N) is 2. The first-order valence-electron chi connectivity index (χ1n) is 7.58. The smallest absolute Gasteiger partial charge is 0.218 e. The highest BCUT2D eigenvalue weighted by atomic mass is 127. The number of rotatable bonds is 7. The van der Waals surface area contributed by atoms with Gasteiger partial charge in [-0.15, -0.1) is 24.0 Å². The van der Waals surface area contributed by atoms with Crippen LogP contribution in [0.15, 0.2) is 23.3 Å². The lowest BCUT2D eigenvalue weighted by Gasteiger charge is -2.23. The minimum absolute atomic E-state index is 0. The van der Waals surface area contributed by atoms with Crippen molar-refractivity contribution >= 4 is 29.9 Å². The highest BCUT2D eigenvalue weighted by Crippen LogP contribution is 2.15. The molecule has 0 fully saturated rings. The summed E-state index contributed by atoms with van der Waals surface area (Å²) in [6, 6.07) is 3.86. The van der Waals surface area contributed by atoms with Crippen molar-refractivity contribution in [3.63, 3.8) is 0 Å². The fraction of sp³-hybridized carbons (Fsp3) is 0.625. The van der Waals surface area contributed by atoms with Crippen molar-refractivity contribution < 1.29 is 9.47 Å². The Bertz CT molecular complexity index is 475. The average Bonchev–Trinajstić information content (AvgIpc) is 2.45. The topological polar surface area (TPSA) is 67.8 Å². The Morgan fingerprint density at radius 2 is 2.04 bits per heavy atom.